The van der Waals surface area contributed by atoms with Gasteiger partial charge in [-0.25, -0.2) is 0 Å². The Bertz CT molecular complexity index is 749. The highest BCUT2D eigenvalue weighted by atomic mass is 32.2. The van der Waals surface area contributed by atoms with Crippen LogP contribution in [-0.2, 0) is 21.9 Å². The highest BCUT2D eigenvalue weighted by Gasteiger charge is 2.25. The first-order chi connectivity index (χ1) is 13.0. The molecule has 0 radical (unpaired) electrons. The topological polar surface area (TPSA) is 49.4 Å². The van der Waals surface area contributed by atoms with E-state index in [1.807, 2.05) is 50.2 Å². The van der Waals surface area contributed by atoms with Gasteiger partial charge in [0, 0.05) is 18.8 Å². The van der Waals surface area contributed by atoms with Crippen LogP contribution in [0.5, 0.6) is 0 Å². The number of hydrogen-bond donors (Lipinski definition) is 1. The molecule has 2 amide bonds. The molecule has 2 aromatic rings. The molecule has 0 aromatic heterocycles. The summed E-state index contributed by atoms with van der Waals surface area (Å²) in [4.78, 5) is 26.9. The number of carbonyl (C=O) groups is 2. The van der Waals surface area contributed by atoms with Gasteiger partial charge in [-0.2, -0.15) is 0 Å². The van der Waals surface area contributed by atoms with Gasteiger partial charge >= 0.3 is 0 Å². The standard InChI is InChI=1S/C22H28N2O2S/c1-4-23-22(26)18(3)24(14-20-12-8-9-17(2)13-20)21(25)16-27-15-19-10-6-5-7-11-19/h5-13,18H,4,14-16H2,1-3H3,(H,23,26)/t18-/m1/s1. The summed E-state index contributed by atoms with van der Waals surface area (Å²) in [5, 5.41) is 2.82. The normalized spacial score (nSPS) is 11.7. The van der Waals surface area contributed by atoms with Crippen molar-refractivity contribution in [3.05, 3.63) is 71.3 Å². The number of hydrogen-bond acceptors (Lipinski definition) is 3. The Hall–Kier alpha value is -2.27. The Labute approximate surface area is 166 Å². The van der Waals surface area contributed by atoms with E-state index in [9.17, 15) is 9.59 Å². The van der Waals surface area contributed by atoms with Crippen molar-refractivity contribution < 1.29 is 9.59 Å². The molecule has 0 spiro atoms. The van der Waals surface area contributed by atoms with Gasteiger partial charge in [-0.1, -0.05) is 60.2 Å². The van der Waals surface area contributed by atoms with Gasteiger partial charge in [-0.3, -0.25) is 9.59 Å². The number of benzene rings is 2. The highest BCUT2D eigenvalue weighted by Crippen LogP contribution is 2.16. The summed E-state index contributed by atoms with van der Waals surface area (Å²) >= 11 is 1.58. The third-order valence-corrected chi connectivity index (χ3v) is 5.28. The SMILES string of the molecule is CCNC(=O)[C@@H](C)N(Cc1cccc(C)c1)C(=O)CSCc1ccccc1. The van der Waals surface area contributed by atoms with Gasteiger partial charge < -0.3 is 10.2 Å². The Morgan fingerprint density at radius 3 is 2.44 bits per heavy atom. The highest BCUT2D eigenvalue weighted by molar-refractivity contribution is 7.99. The number of nitrogens with zero attached hydrogens (tertiary/aromatic N) is 1. The minimum Gasteiger partial charge on any atom is -0.355 e. The molecule has 0 unspecified atom stereocenters. The van der Waals surface area contributed by atoms with Crippen LogP contribution in [0.25, 0.3) is 0 Å². The minimum absolute atomic E-state index is 0.0174. The Morgan fingerprint density at radius 1 is 1.07 bits per heavy atom. The smallest absolute Gasteiger partial charge is 0.242 e. The second kappa shape index (κ2) is 10.8. The summed E-state index contributed by atoms with van der Waals surface area (Å²) in [6, 6.07) is 17.6. The van der Waals surface area contributed by atoms with Gasteiger partial charge in [0.15, 0.2) is 0 Å². The fourth-order valence-corrected chi connectivity index (χ4v) is 3.70. The molecule has 0 saturated heterocycles. The number of amides is 2. The molecule has 2 rings (SSSR count). The van der Waals surface area contributed by atoms with Crippen LogP contribution in [0.4, 0.5) is 0 Å². The van der Waals surface area contributed by atoms with Gasteiger partial charge in [-0.05, 0) is 31.9 Å². The van der Waals surface area contributed by atoms with E-state index in [0.717, 1.165) is 16.9 Å². The summed E-state index contributed by atoms with van der Waals surface area (Å²) in [7, 11) is 0. The average molecular weight is 385 g/mol. The van der Waals surface area contributed by atoms with Crippen molar-refractivity contribution in [3.63, 3.8) is 0 Å². The lowest BCUT2D eigenvalue weighted by Crippen LogP contribution is -2.48. The van der Waals surface area contributed by atoms with E-state index >= 15 is 0 Å². The first-order valence-electron chi connectivity index (χ1n) is 9.25. The molecule has 144 valence electrons. The fourth-order valence-electron chi connectivity index (χ4n) is 2.83. The first kappa shape index (κ1) is 21.0. The van der Waals surface area contributed by atoms with Crippen molar-refractivity contribution >= 4 is 23.6 Å². The third-order valence-electron chi connectivity index (χ3n) is 4.29. The van der Waals surface area contributed by atoms with E-state index in [0.29, 0.717) is 18.8 Å². The molecule has 4 nitrogen and oxygen atoms in total. The quantitative estimate of drug-likeness (QED) is 0.716. The molecule has 5 heteroatoms. The van der Waals surface area contributed by atoms with Crippen LogP contribution in [-0.4, -0.2) is 35.1 Å². The summed E-state index contributed by atoms with van der Waals surface area (Å²) in [6.45, 7) is 6.69. The van der Waals surface area contributed by atoms with Gasteiger partial charge in [0.2, 0.25) is 11.8 Å². The Morgan fingerprint density at radius 2 is 1.78 bits per heavy atom. The number of rotatable bonds is 9. The van der Waals surface area contributed by atoms with Crippen LogP contribution in [0.15, 0.2) is 54.6 Å². The second-order valence-corrected chi connectivity index (χ2v) is 7.55. The molecule has 2 aromatic carbocycles. The lowest BCUT2D eigenvalue weighted by atomic mass is 10.1. The summed E-state index contributed by atoms with van der Waals surface area (Å²) in [5.41, 5.74) is 3.37. The van der Waals surface area contributed by atoms with Crippen molar-refractivity contribution in [3.8, 4) is 0 Å². The molecule has 0 fully saturated rings. The average Bonchev–Trinajstić information content (AvgIpc) is 2.66. The lowest BCUT2D eigenvalue weighted by molar-refractivity contribution is -0.138. The number of nitrogens with one attached hydrogen (secondary N) is 1. The van der Waals surface area contributed by atoms with E-state index in [2.05, 4.69) is 23.5 Å². The summed E-state index contributed by atoms with van der Waals surface area (Å²) in [5.74, 6) is 0.993. The molecular formula is C22H28N2O2S. The van der Waals surface area contributed by atoms with Crippen LogP contribution >= 0.6 is 11.8 Å². The number of carbonyl (C=O) groups excluding carboxylic acids is 2. The fraction of sp³-hybridized carbons (Fsp3) is 0.364. The summed E-state index contributed by atoms with van der Waals surface area (Å²) in [6.07, 6.45) is 0. The van der Waals surface area contributed by atoms with E-state index < -0.39 is 6.04 Å². The molecule has 1 atom stereocenters. The number of likely N-dealkylation sites (N-methyl/N-ethyl adjacent to an activating group) is 1. The molecule has 0 heterocycles. The van der Waals surface area contributed by atoms with Crippen LogP contribution in [0, 0.1) is 6.92 Å². The van der Waals surface area contributed by atoms with Gasteiger partial charge in [0.25, 0.3) is 0 Å². The molecule has 0 aliphatic rings. The molecule has 1 N–H and O–H groups in total. The van der Waals surface area contributed by atoms with E-state index in [1.54, 1.807) is 23.6 Å². The number of aryl methyl sites for hydroxylation is 1. The maximum Gasteiger partial charge on any atom is 0.242 e. The second-order valence-electron chi connectivity index (χ2n) is 6.56. The third kappa shape index (κ3) is 6.75. The summed E-state index contributed by atoms with van der Waals surface area (Å²) < 4.78 is 0. The van der Waals surface area contributed by atoms with Crippen molar-refractivity contribution in [2.24, 2.45) is 0 Å². The van der Waals surface area contributed by atoms with Crippen LogP contribution in [0.2, 0.25) is 0 Å². The molecule has 0 aliphatic heterocycles. The van der Waals surface area contributed by atoms with Gasteiger partial charge in [0.05, 0.1) is 5.75 Å². The van der Waals surface area contributed by atoms with E-state index in [1.165, 1.54) is 5.56 Å². The number of thioether (sulfide) groups is 1. The zero-order valence-electron chi connectivity index (χ0n) is 16.3. The molecule has 0 saturated carbocycles. The van der Waals surface area contributed by atoms with Crippen LogP contribution < -0.4 is 5.32 Å². The van der Waals surface area contributed by atoms with Crippen molar-refractivity contribution in [1.29, 1.82) is 0 Å². The maximum atomic E-state index is 12.9. The molecule has 27 heavy (non-hydrogen) atoms. The predicted molar refractivity (Wildman–Crippen MR) is 112 cm³/mol. The Balaban J connectivity index is 2.05. The first-order valence-corrected chi connectivity index (χ1v) is 10.4. The van der Waals surface area contributed by atoms with Crippen LogP contribution in [0.3, 0.4) is 0 Å². The lowest BCUT2D eigenvalue weighted by Gasteiger charge is -2.28. The van der Waals surface area contributed by atoms with Gasteiger partial charge in [-0.15, -0.1) is 11.8 Å². The zero-order valence-corrected chi connectivity index (χ0v) is 17.1. The zero-order chi connectivity index (χ0) is 19.6. The minimum atomic E-state index is -0.504. The van der Waals surface area contributed by atoms with E-state index in [4.69, 9.17) is 0 Å². The van der Waals surface area contributed by atoms with E-state index in [-0.39, 0.29) is 11.8 Å². The van der Waals surface area contributed by atoms with Crippen molar-refractivity contribution in [2.45, 2.75) is 39.1 Å². The van der Waals surface area contributed by atoms with Crippen molar-refractivity contribution in [1.82, 2.24) is 10.2 Å². The Kier molecular flexibility index (Phi) is 8.40. The predicted octanol–water partition coefficient (Wildman–Crippen LogP) is 3.78. The maximum absolute atomic E-state index is 12.9. The van der Waals surface area contributed by atoms with Crippen molar-refractivity contribution in [2.75, 3.05) is 12.3 Å². The van der Waals surface area contributed by atoms with Gasteiger partial charge in [0.1, 0.15) is 6.04 Å². The monoisotopic (exact) mass is 384 g/mol. The molecule has 0 aliphatic carbocycles. The largest absolute Gasteiger partial charge is 0.355 e. The molecular weight excluding hydrogens is 356 g/mol. The molecule has 0 bridgehead atoms. The van der Waals surface area contributed by atoms with Crippen LogP contribution in [0.1, 0.15) is 30.5 Å².